The van der Waals surface area contributed by atoms with Gasteiger partial charge < -0.3 is 10.4 Å². The zero-order chi connectivity index (χ0) is 10.6. The van der Waals surface area contributed by atoms with E-state index in [0.717, 1.165) is 5.56 Å². The summed E-state index contributed by atoms with van der Waals surface area (Å²) in [6, 6.07) is -0.570. The molecule has 1 heterocycles. The molecule has 0 amide bonds. The zero-order valence-electron chi connectivity index (χ0n) is 8.40. The van der Waals surface area contributed by atoms with Crippen molar-refractivity contribution in [3.63, 3.8) is 0 Å². The molecule has 0 saturated heterocycles. The maximum absolute atomic E-state index is 10.8. The van der Waals surface area contributed by atoms with Crippen LogP contribution < -0.4 is 5.32 Å². The van der Waals surface area contributed by atoms with Gasteiger partial charge in [0.05, 0.1) is 12.7 Å². The maximum atomic E-state index is 10.8. The van der Waals surface area contributed by atoms with E-state index in [1.807, 2.05) is 20.0 Å². The Morgan fingerprint density at radius 2 is 2.50 bits per heavy atom. The number of aryl methyl sites for hydroxylation is 1. The number of carboxylic acid groups (broad SMARTS) is 1. The van der Waals surface area contributed by atoms with Crippen molar-refractivity contribution in [2.24, 2.45) is 0 Å². The molecule has 0 aliphatic heterocycles. The lowest BCUT2D eigenvalue weighted by molar-refractivity contribution is -0.139. The third kappa shape index (κ3) is 2.85. The second-order valence-electron chi connectivity index (χ2n) is 3.19. The number of likely N-dealkylation sites (N-methyl/N-ethyl adjacent to an activating group) is 1. The van der Waals surface area contributed by atoms with Crippen LogP contribution in [0.4, 0.5) is 0 Å². The molecule has 0 saturated carbocycles. The van der Waals surface area contributed by atoms with Crippen LogP contribution in [0.25, 0.3) is 0 Å². The highest BCUT2D eigenvalue weighted by atomic mass is 16.4. The summed E-state index contributed by atoms with van der Waals surface area (Å²) in [7, 11) is 0. The molecule has 78 valence electrons. The van der Waals surface area contributed by atoms with Crippen molar-refractivity contribution in [3.8, 4) is 0 Å². The molecule has 0 spiro atoms. The van der Waals surface area contributed by atoms with E-state index in [4.69, 9.17) is 5.11 Å². The number of hydrogen-bond donors (Lipinski definition) is 2. The van der Waals surface area contributed by atoms with Crippen LogP contribution in [0.15, 0.2) is 12.4 Å². The van der Waals surface area contributed by atoms with Crippen molar-refractivity contribution in [3.05, 3.63) is 18.0 Å². The second-order valence-corrected chi connectivity index (χ2v) is 3.19. The Bertz CT molecular complexity index is 309. The van der Waals surface area contributed by atoms with E-state index in [2.05, 4.69) is 10.4 Å². The summed E-state index contributed by atoms with van der Waals surface area (Å²) in [5.41, 5.74) is 1.03. The molecule has 1 rings (SSSR count). The van der Waals surface area contributed by atoms with Crippen LogP contribution in [-0.4, -0.2) is 33.4 Å². The van der Waals surface area contributed by atoms with Crippen LogP contribution in [0.2, 0.25) is 0 Å². The second kappa shape index (κ2) is 4.76. The van der Waals surface area contributed by atoms with Gasteiger partial charge in [-0.2, -0.15) is 5.10 Å². The van der Waals surface area contributed by atoms with Gasteiger partial charge in [-0.15, -0.1) is 0 Å². The Labute approximate surface area is 82.7 Å². The number of rotatable bonds is 5. The fourth-order valence-corrected chi connectivity index (χ4v) is 1.23. The molecule has 2 N–H and O–H groups in total. The highest BCUT2D eigenvalue weighted by Gasteiger charge is 2.16. The first kappa shape index (κ1) is 10.7. The summed E-state index contributed by atoms with van der Waals surface area (Å²) < 4.78 is 1.64. The third-order valence-electron chi connectivity index (χ3n) is 1.88. The van der Waals surface area contributed by atoms with E-state index in [-0.39, 0.29) is 0 Å². The number of carboxylic acids is 1. The van der Waals surface area contributed by atoms with Gasteiger partial charge in [0.1, 0.15) is 6.04 Å². The van der Waals surface area contributed by atoms with Gasteiger partial charge in [-0.1, -0.05) is 6.92 Å². The molecule has 1 aromatic rings. The molecule has 0 aliphatic rings. The van der Waals surface area contributed by atoms with Crippen LogP contribution in [0.3, 0.4) is 0 Å². The molecule has 1 unspecified atom stereocenters. The average molecular weight is 197 g/mol. The van der Waals surface area contributed by atoms with Crippen molar-refractivity contribution >= 4 is 5.97 Å². The fourth-order valence-electron chi connectivity index (χ4n) is 1.23. The van der Waals surface area contributed by atoms with E-state index in [1.165, 1.54) is 0 Å². The summed E-state index contributed by atoms with van der Waals surface area (Å²) >= 11 is 0. The Morgan fingerprint density at radius 1 is 1.79 bits per heavy atom. The van der Waals surface area contributed by atoms with Gasteiger partial charge in [-0.25, -0.2) is 0 Å². The van der Waals surface area contributed by atoms with E-state index in [9.17, 15) is 4.79 Å². The molecule has 5 nitrogen and oxygen atoms in total. The normalized spacial score (nSPS) is 12.7. The summed E-state index contributed by atoms with van der Waals surface area (Å²) in [6.45, 7) is 4.80. The van der Waals surface area contributed by atoms with E-state index < -0.39 is 12.0 Å². The number of hydrogen-bond acceptors (Lipinski definition) is 3. The Balaban J connectivity index is 2.59. The molecular formula is C9H15N3O2. The highest BCUT2D eigenvalue weighted by Crippen LogP contribution is 1.96. The molecule has 5 heteroatoms. The maximum Gasteiger partial charge on any atom is 0.322 e. The number of carbonyl (C=O) groups is 1. The van der Waals surface area contributed by atoms with Gasteiger partial charge >= 0.3 is 5.97 Å². The summed E-state index contributed by atoms with van der Waals surface area (Å²) in [6.07, 6.45) is 3.54. The van der Waals surface area contributed by atoms with Gasteiger partial charge in [0, 0.05) is 6.20 Å². The van der Waals surface area contributed by atoms with Gasteiger partial charge in [0.15, 0.2) is 0 Å². The summed E-state index contributed by atoms with van der Waals surface area (Å²) in [5, 5.41) is 15.8. The molecule has 1 atom stereocenters. The highest BCUT2D eigenvalue weighted by molar-refractivity contribution is 5.73. The molecule has 14 heavy (non-hydrogen) atoms. The fraction of sp³-hybridized carbons (Fsp3) is 0.556. The SMILES string of the molecule is CCNC(Cn1cc(C)cn1)C(=O)O. The van der Waals surface area contributed by atoms with Gasteiger partial charge in [0.25, 0.3) is 0 Å². The molecule has 0 bridgehead atoms. The monoisotopic (exact) mass is 197 g/mol. The van der Waals surface area contributed by atoms with E-state index in [0.29, 0.717) is 13.1 Å². The standard InChI is InChI=1S/C9H15N3O2/c1-3-10-8(9(13)14)6-12-5-7(2)4-11-12/h4-5,8,10H,3,6H2,1-2H3,(H,13,14). The van der Waals surface area contributed by atoms with Crippen LogP contribution >= 0.6 is 0 Å². The minimum atomic E-state index is -0.847. The number of nitrogens with one attached hydrogen (secondary N) is 1. The van der Waals surface area contributed by atoms with Crippen LogP contribution in [-0.2, 0) is 11.3 Å². The van der Waals surface area contributed by atoms with E-state index >= 15 is 0 Å². The number of aliphatic carboxylic acids is 1. The summed E-state index contributed by atoms with van der Waals surface area (Å²) in [4.78, 5) is 10.8. The van der Waals surface area contributed by atoms with Crippen molar-refractivity contribution in [2.75, 3.05) is 6.54 Å². The van der Waals surface area contributed by atoms with Crippen LogP contribution in [0, 0.1) is 6.92 Å². The van der Waals surface area contributed by atoms with Crippen molar-refractivity contribution in [1.82, 2.24) is 15.1 Å². The largest absolute Gasteiger partial charge is 0.480 e. The zero-order valence-corrected chi connectivity index (χ0v) is 8.40. The van der Waals surface area contributed by atoms with Gasteiger partial charge in [0.2, 0.25) is 0 Å². The van der Waals surface area contributed by atoms with Crippen LogP contribution in [0.1, 0.15) is 12.5 Å². The van der Waals surface area contributed by atoms with Crippen molar-refractivity contribution < 1.29 is 9.90 Å². The number of aromatic nitrogens is 2. The Hall–Kier alpha value is -1.36. The first-order valence-electron chi connectivity index (χ1n) is 4.58. The lowest BCUT2D eigenvalue weighted by Crippen LogP contribution is -2.40. The predicted molar refractivity (Wildman–Crippen MR) is 52.1 cm³/mol. The topological polar surface area (TPSA) is 67.2 Å². The Kier molecular flexibility index (Phi) is 3.64. The Morgan fingerprint density at radius 3 is 2.93 bits per heavy atom. The molecule has 1 aromatic heterocycles. The average Bonchev–Trinajstić information content (AvgIpc) is 2.50. The number of nitrogens with zero attached hydrogens (tertiary/aromatic N) is 2. The first-order chi connectivity index (χ1) is 6.63. The predicted octanol–water partition coefficient (Wildman–Crippen LogP) is 0.254. The molecule has 0 radical (unpaired) electrons. The molecule has 0 fully saturated rings. The first-order valence-corrected chi connectivity index (χ1v) is 4.58. The van der Waals surface area contributed by atoms with Crippen molar-refractivity contribution in [2.45, 2.75) is 26.4 Å². The van der Waals surface area contributed by atoms with Crippen molar-refractivity contribution in [1.29, 1.82) is 0 Å². The molecule has 0 aromatic carbocycles. The molecular weight excluding hydrogens is 182 g/mol. The smallest absolute Gasteiger partial charge is 0.322 e. The lowest BCUT2D eigenvalue weighted by atomic mass is 10.3. The minimum Gasteiger partial charge on any atom is -0.480 e. The van der Waals surface area contributed by atoms with Gasteiger partial charge in [-0.3, -0.25) is 9.48 Å². The van der Waals surface area contributed by atoms with Crippen LogP contribution in [0.5, 0.6) is 0 Å². The third-order valence-corrected chi connectivity index (χ3v) is 1.88. The minimum absolute atomic E-state index is 0.358. The summed E-state index contributed by atoms with van der Waals surface area (Å²) in [5.74, 6) is -0.847. The molecule has 0 aliphatic carbocycles. The van der Waals surface area contributed by atoms with E-state index in [1.54, 1.807) is 10.9 Å². The lowest BCUT2D eigenvalue weighted by Gasteiger charge is -2.12. The van der Waals surface area contributed by atoms with Gasteiger partial charge in [-0.05, 0) is 19.0 Å². The quantitative estimate of drug-likeness (QED) is 0.710.